The Balaban J connectivity index is 1.97. The molecule has 3 aromatic rings. The number of carbonyl (C=O) groups excluding carboxylic acids is 2. The number of nitriles is 1. The van der Waals surface area contributed by atoms with Gasteiger partial charge in [-0.3, -0.25) is 10.1 Å². The van der Waals surface area contributed by atoms with Crippen LogP contribution in [0.4, 0.5) is 10.6 Å². The SMILES string of the molecule is CN(C)C(=O)Cc1nn(-c2ccccc2)c(NC(=O)NS(=O)(=O)c2ccc(Cl)cc2)c1C#N. The van der Waals surface area contributed by atoms with Gasteiger partial charge in [0.1, 0.15) is 11.6 Å². The number of urea groups is 1. The largest absolute Gasteiger partial charge is 0.348 e. The number of likely N-dealkylation sites (N-methyl/N-ethyl adjacent to an activating group) is 1. The first-order valence-electron chi connectivity index (χ1n) is 9.49. The van der Waals surface area contributed by atoms with E-state index >= 15 is 0 Å². The Labute approximate surface area is 195 Å². The summed E-state index contributed by atoms with van der Waals surface area (Å²) < 4.78 is 28.2. The van der Waals surface area contributed by atoms with Gasteiger partial charge in [0.15, 0.2) is 5.82 Å². The zero-order valence-electron chi connectivity index (χ0n) is 17.6. The highest BCUT2D eigenvalue weighted by molar-refractivity contribution is 7.90. The van der Waals surface area contributed by atoms with Crippen molar-refractivity contribution in [2.45, 2.75) is 11.3 Å². The second-order valence-corrected chi connectivity index (χ2v) is 9.13. The van der Waals surface area contributed by atoms with E-state index in [1.165, 1.54) is 33.8 Å². The zero-order chi connectivity index (χ0) is 24.2. The van der Waals surface area contributed by atoms with Crippen LogP contribution in [-0.2, 0) is 21.2 Å². The van der Waals surface area contributed by atoms with E-state index in [2.05, 4.69) is 10.4 Å². The molecule has 0 atom stereocenters. The van der Waals surface area contributed by atoms with Crippen LogP contribution >= 0.6 is 11.6 Å². The van der Waals surface area contributed by atoms with E-state index in [1.54, 1.807) is 44.4 Å². The number of benzene rings is 2. The van der Waals surface area contributed by atoms with Crippen molar-refractivity contribution < 1.29 is 18.0 Å². The van der Waals surface area contributed by atoms with Crippen molar-refractivity contribution in [1.82, 2.24) is 19.4 Å². The van der Waals surface area contributed by atoms with Gasteiger partial charge in [0.25, 0.3) is 10.0 Å². The molecule has 1 aromatic heterocycles. The number of rotatable bonds is 6. The first-order chi connectivity index (χ1) is 15.6. The summed E-state index contributed by atoms with van der Waals surface area (Å²) in [6.07, 6.45) is -0.185. The van der Waals surface area contributed by atoms with Crippen molar-refractivity contribution in [3.05, 3.63) is 70.9 Å². The minimum absolute atomic E-state index is 0.0620. The molecule has 0 aliphatic rings. The maximum atomic E-state index is 12.6. The normalized spacial score (nSPS) is 10.8. The highest BCUT2D eigenvalue weighted by Gasteiger charge is 2.25. The summed E-state index contributed by atoms with van der Waals surface area (Å²) in [5.41, 5.74) is 0.567. The van der Waals surface area contributed by atoms with Crippen LogP contribution in [0, 0.1) is 11.3 Å². The van der Waals surface area contributed by atoms with Gasteiger partial charge >= 0.3 is 6.03 Å². The topological polar surface area (TPSA) is 137 Å². The first-order valence-corrected chi connectivity index (χ1v) is 11.4. The summed E-state index contributed by atoms with van der Waals surface area (Å²) >= 11 is 5.78. The van der Waals surface area contributed by atoms with Gasteiger partial charge in [-0.25, -0.2) is 22.6 Å². The molecule has 0 aliphatic carbocycles. The van der Waals surface area contributed by atoms with Crippen molar-refractivity contribution >= 4 is 39.4 Å². The molecule has 33 heavy (non-hydrogen) atoms. The van der Waals surface area contributed by atoms with Crippen LogP contribution in [0.25, 0.3) is 5.69 Å². The van der Waals surface area contributed by atoms with Crippen LogP contribution < -0.4 is 10.0 Å². The van der Waals surface area contributed by atoms with E-state index in [1.807, 2.05) is 10.8 Å². The predicted octanol–water partition coefficient (Wildman–Crippen LogP) is 2.54. The minimum atomic E-state index is -4.21. The molecule has 0 bridgehead atoms. The lowest BCUT2D eigenvalue weighted by atomic mass is 10.2. The summed E-state index contributed by atoms with van der Waals surface area (Å²) in [5, 5.41) is 16.8. The summed E-state index contributed by atoms with van der Waals surface area (Å²) in [6, 6.07) is 14.7. The Morgan fingerprint density at radius 3 is 2.33 bits per heavy atom. The van der Waals surface area contributed by atoms with Crippen LogP contribution in [0.15, 0.2) is 59.5 Å². The fourth-order valence-electron chi connectivity index (χ4n) is 2.81. The van der Waals surface area contributed by atoms with Crippen molar-refractivity contribution in [2.75, 3.05) is 19.4 Å². The molecule has 0 saturated heterocycles. The summed E-state index contributed by atoms with van der Waals surface area (Å²) in [5.74, 6) is -0.375. The molecule has 10 nitrogen and oxygen atoms in total. The molecular weight excluding hydrogens is 468 g/mol. The van der Waals surface area contributed by atoms with Crippen molar-refractivity contribution in [1.29, 1.82) is 5.26 Å². The number of nitrogens with zero attached hydrogens (tertiary/aromatic N) is 4. The van der Waals surface area contributed by atoms with Gasteiger partial charge in [-0.15, -0.1) is 0 Å². The lowest BCUT2D eigenvalue weighted by Crippen LogP contribution is -2.35. The summed E-state index contributed by atoms with van der Waals surface area (Å²) in [7, 11) is -1.08. The van der Waals surface area contributed by atoms with Gasteiger partial charge in [0.2, 0.25) is 5.91 Å². The number of aromatic nitrogens is 2. The van der Waals surface area contributed by atoms with Gasteiger partial charge in [0, 0.05) is 19.1 Å². The van der Waals surface area contributed by atoms with Crippen LogP contribution in [-0.4, -0.2) is 49.1 Å². The number of halogens is 1. The maximum absolute atomic E-state index is 12.6. The van der Waals surface area contributed by atoms with Crippen molar-refractivity contribution in [2.24, 2.45) is 0 Å². The highest BCUT2D eigenvalue weighted by Crippen LogP contribution is 2.24. The molecule has 0 aliphatic heterocycles. The molecule has 0 radical (unpaired) electrons. The predicted molar refractivity (Wildman–Crippen MR) is 121 cm³/mol. The fraction of sp³-hybridized carbons (Fsp3) is 0.143. The zero-order valence-corrected chi connectivity index (χ0v) is 19.2. The maximum Gasteiger partial charge on any atom is 0.334 e. The van der Waals surface area contributed by atoms with E-state index < -0.39 is 16.1 Å². The number of hydrogen-bond acceptors (Lipinski definition) is 6. The van der Waals surface area contributed by atoms with E-state index in [-0.39, 0.29) is 34.3 Å². The van der Waals surface area contributed by atoms with E-state index in [0.717, 1.165) is 0 Å². The van der Waals surface area contributed by atoms with E-state index in [4.69, 9.17) is 11.6 Å². The van der Waals surface area contributed by atoms with Crippen molar-refractivity contribution in [3.8, 4) is 11.8 Å². The lowest BCUT2D eigenvalue weighted by molar-refractivity contribution is -0.128. The van der Waals surface area contributed by atoms with Crippen LogP contribution in [0.3, 0.4) is 0 Å². The molecule has 0 saturated carbocycles. The Morgan fingerprint density at radius 2 is 1.76 bits per heavy atom. The van der Waals surface area contributed by atoms with Crippen LogP contribution in [0.1, 0.15) is 11.3 Å². The number of para-hydroxylation sites is 1. The van der Waals surface area contributed by atoms with E-state index in [9.17, 15) is 23.3 Å². The van der Waals surface area contributed by atoms with Gasteiger partial charge in [0.05, 0.1) is 22.7 Å². The summed E-state index contributed by atoms with van der Waals surface area (Å²) in [4.78, 5) is 26.0. The molecule has 1 heterocycles. The smallest absolute Gasteiger partial charge is 0.334 e. The van der Waals surface area contributed by atoms with Crippen LogP contribution in [0.2, 0.25) is 5.02 Å². The van der Waals surface area contributed by atoms with Crippen molar-refractivity contribution in [3.63, 3.8) is 0 Å². The van der Waals surface area contributed by atoms with Gasteiger partial charge in [-0.2, -0.15) is 10.4 Å². The van der Waals surface area contributed by atoms with Gasteiger partial charge in [-0.1, -0.05) is 29.8 Å². The quantitative estimate of drug-likeness (QED) is 0.549. The molecule has 170 valence electrons. The Bertz CT molecular complexity index is 1330. The number of anilines is 1. The lowest BCUT2D eigenvalue weighted by Gasteiger charge is -2.11. The standard InChI is InChI=1S/C21H19ClN6O4S/c1-27(2)19(29)12-18-17(13-23)20(28(25-18)15-6-4-3-5-7-15)24-21(30)26-33(31,32)16-10-8-14(22)9-11-16/h3-11H,12H2,1-2H3,(H2,24,26,30). The second kappa shape index (κ2) is 9.72. The molecule has 3 rings (SSSR count). The molecule has 2 N–H and O–H groups in total. The number of nitrogens with one attached hydrogen (secondary N) is 2. The second-order valence-electron chi connectivity index (χ2n) is 7.01. The van der Waals surface area contributed by atoms with E-state index in [0.29, 0.717) is 10.7 Å². The number of hydrogen-bond donors (Lipinski definition) is 2. The highest BCUT2D eigenvalue weighted by atomic mass is 35.5. The molecule has 12 heteroatoms. The third-order valence-corrected chi connectivity index (χ3v) is 6.07. The average molecular weight is 487 g/mol. The molecule has 0 unspecified atom stereocenters. The monoisotopic (exact) mass is 486 g/mol. The number of sulfonamides is 1. The van der Waals surface area contributed by atoms with Gasteiger partial charge in [-0.05, 0) is 36.4 Å². The molecular formula is C21H19ClN6O4S. The molecule has 0 fully saturated rings. The number of amides is 3. The third-order valence-electron chi connectivity index (χ3n) is 4.47. The number of carbonyl (C=O) groups is 2. The van der Waals surface area contributed by atoms with Crippen LogP contribution in [0.5, 0.6) is 0 Å². The Kier molecular flexibility index (Phi) is 7.01. The fourth-order valence-corrected chi connectivity index (χ4v) is 3.84. The minimum Gasteiger partial charge on any atom is -0.348 e. The molecule has 3 amide bonds. The molecule has 0 spiro atoms. The third kappa shape index (κ3) is 5.49. The molecule has 2 aromatic carbocycles. The summed E-state index contributed by atoms with van der Waals surface area (Å²) in [6.45, 7) is 0. The van der Waals surface area contributed by atoms with Gasteiger partial charge < -0.3 is 4.90 Å². The Morgan fingerprint density at radius 1 is 1.12 bits per heavy atom. The first kappa shape index (κ1) is 23.8. The average Bonchev–Trinajstić information content (AvgIpc) is 3.10. The Hall–Kier alpha value is -3.88.